The molecule has 0 N–H and O–H groups in total. The topological polar surface area (TPSA) is 51.3 Å². The summed E-state index contributed by atoms with van der Waals surface area (Å²) in [6.07, 6.45) is 3.79. The van der Waals surface area contributed by atoms with Crippen LogP contribution in [-0.4, -0.2) is 24.9 Å². The molecule has 1 fully saturated rings. The van der Waals surface area contributed by atoms with Crippen LogP contribution in [0.3, 0.4) is 0 Å². The van der Waals surface area contributed by atoms with Crippen LogP contribution in [0.5, 0.6) is 0 Å². The summed E-state index contributed by atoms with van der Waals surface area (Å²) in [4.78, 5) is 15.7. The Morgan fingerprint density at radius 2 is 1.67 bits per heavy atom. The number of thioether (sulfide) groups is 1. The van der Waals surface area contributed by atoms with Gasteiger partial charge in [-0.25, -0.2) is 4.68 Å². The van der Waals surface area contributed by atoms with E-state index in [1.54, 1.807) is 4.90 Å². The highest BCUT2D eigenvalue weighted by Crippen LogP contribution is 2.39. The molecule has 3 heterocycles. The van der Waals surface area contributed by atoms with E-state index in [4.69, 9.17) is 21.7 Å². The first-order chi connectivity index (χ1) is 17.6. The number of carbonyl (C=O) groups excluding carboxylic acids is 1. The van der Waals surface area contributed by atoms with Crippen molar-refractivity contribution in [3.8, 4) is 17.1 Å². The Labute approximate surface area is 218 Å². The first-order valence-electron chi connectivity index (χ1n) is 11.5. The fourth-order valence-electron chi connectivity index (χ4n) is 4.33. The van der Waals surface area contributed by atoms with Gasteiger partial charge in [0.25, 0.3) is 5.91 Å². The molecule has 36 heavy (non-hydrogen) atoms. The maximum absolute atomic E-state index is 13.5. The van der Waals surface area contributed by atoms with Crippen molar-refractivity contribution in [2.75, 3.05) is 0 Å². The molecule has 1 unspecified atom stereocenters. The molecule has 0 bridgehead atoms. The molecule has 5 aromatic rings. The van der Waals surface area contributed by atoms with Gasteiger partial charge in [0.2, 0.25) is 0 Å². The molecule has 6 rings (SSSR count). The van der Waals surface area contributed by atoms with E-state index >= 15 is 0 Å². The Balaban J connectivity index is 1.42. The Kier molecular flexibility index (Phi) is 5.79. The van der Waals surface area contributed by atoms with Crippen molar-refractivity contribution in [3.05, 3.63) is 113 Å². The van der Waals surface area contributed by atoms with E-state index in [0.717, 1.165) is 27.8 Å². The smallest absolute Gasteiger partial charge is 0.266 e. The molecule has 0 saturated carbocycles. The fraction of sp³-hybridized carbons (Fsp3) is 0.0690. The highest BCUT2D eigenvalue weighted by molar-refractivity contribution is 8.26. The third-order valence-corrected chi connectivity index (χ3v) is 7.53. The molecule has 7 heteroatoms. The van der Waals surface area contributed by atoms with Gasteiger partial charge in [-0.15, -0.1) is 0 Å². The standard InChI is InChI=1S/C29H21N3O2S2/c1-19(20-10-4-2-5-11-20)32-28(33)26(36-29(32)35)17-22-18-31(23-13-6-3-7-14-23)30-27(22)25-16-21-12-8-9-15-24(21)34-25/h2-19H,1H3. The zero-order chi connectivity index (χ0) is 24.6. The molecular formula is C29H21N3O2S2. The minimum Gasteiger partial charge on any atom is -0.454 e. The summed E-state index contributed by atoms with van der Waals surface area (Å²) in [6.45, 7) is 2.00. The van der Waals surface area contributed by atoms with Crippen LogP contribution in [0.15, 0.2) is 107 Å². The molecule has 2 aromatic heterocycles. The van der Waals surface area contributed by atoms with Gasteiger partial charge in [0.05, 0.1) is 16.6 Å². The zero-order valence-electron chi connectivity index (χ0n) is 19.4. The molecule has 1 saturated heterocycles. The highest BCUT2D eigenvalue weighted by atomic mass is 32.2. The van der Waals surface area contributed by atoms with Gasteiger partial charge >= 0.3 is 0 Å². The molecule has 0 spiro atoms. The van der Waals surface area contributed by atoms with Crippen molar-refractivity contribution in [1.82, 2.24) is 14.7 Å². The van der Waals surface area contributed by atoms with E-state index in [1.807, 2.05) is 115 Å². The molecular weight excluding hydrogens is 486 g/mol. The molecule has 1 amide bonds. The second kappa shape index (κ2) is 9.26. The largest absolute Gasteiger partial charge is 0.454 e. The summed E-state index contributed by atoms with van der Waals surface area (Å²) >= 11 is 6.94. The average molecular weight is 508 g/mol. The van der Waals surface area contributed by atoms with Gasteiger partial charge in [-0.1, -0.05) is 90.7 Å². The minimum atomic E-state index is -0.161. The molecule has 176 valence electrons. The molecule has 1 aliphatic heterocycles. The molecule has 0 radical (unpaired) electrons. The maximum atomic E-state index is 13.5. The Hall–Kier alpha value is -3.94. The summed E-state index contributed by atoms with van der Waals surface area (Å²) in [7, 11) is 0. The Morgan fingerprint density at radius 1 is 0.972 bits per heavy atom. The van der Waals surface area contributed by atoms with Crippen LogP contribution in [0.25, 0.3) is 34.2 Å². The number of nitrogens with zero attached hydrogens (tertiary/aromatic N) is 3. The van der Waals surface area contributed by atoms with Crippen LogP contribution in [-0.2, 0) is 4.79 Å². The predicted octanol–water partition coefficient (Wildman–Crippen LogP) is 7.25. The van der Waals surface area contributed by atoms with Crippen molar-refractivity contribution < 1.29 is 9.21 Å². The zero-order valence-corrected chi connectivity index (χ0v) is 21.0. The van der Waals surface area contributed by atoms with Gasteiger partial charge in [-0.05, 0) is 42.8 Å². The molecule has 0 aliphatic carbocycles. The second-order valence-electron chi connectivity index (χ2n) is 8.50. The lowest BCUT2D eigenvalue weighted by Gasteiger charge is -2.23. The van der Waals surface area contributed by atoms with Gasteiger partial charge in [0.15, 0.2) is 5.76 Å². The van der Waals surface area contributed by atoms with Crippen LogP contribution in [0.4, 0.5) is 0 Å². The lowest BCUT2D eigenvalue weighted by Crippen LogP contribution is -2.30. The van der Waals surface area contributed by atoms with Gasteiger partial charge in [-0.3, -0.25) is 9.69 Å². The molecule has 1 atom stereocenters. The number of furan rings is 1. The number of rotatable bonds is 5. The molecule has 1 aliphatic rings. The van der Waals surface area contributed by atoms with E-state index in [0.29, 0.717) is 20.7 Å². The van der Waals surface area contributed by atoms with Crippen LogP contribution in [0.1, 0.15) is 24.1 Å². The van der Waals surface area contributed by atoms with Crippen molar-refractivity contribution >= 4 is 51.3 Å². The number of hydrogen-bond donors (Lipinski definition) is 0. The first-order valence-corrected chi connectivity index (χ1v) is 12.8. The summed E-state index contributed by atoms with van der Waals surface area (Å²) in [6, 6.07) is 29.5. The Bertz CT molecular complexity index is 1590. The molecule has 3 aromatic carbocycles. The SMILES string of the molecule is CC(c1ccccc1)N1C(=O)C(=Cc2cn(-c3ccccc3)nc2-c2cc3ccccc3o2)SC1=S. The average Bonchev–Trinajstić information content (AvgIpc) is 3.60. The summed E-state index contributed by atoms with van der Waals surface area (Å²) in [5.41, 5.74) is 4.19. The number of thiocarbonyl (C=S) groups is 1. The first kappa shape index (κ1) is 22.5. The van der Waals surface area contributed by atoms with Crippen LogP contribution >= 0.6 is 24.0 Å². The number of benzene rings is 3. The van der Waals surface area contributed by atoms with Gasteiger partial charge in [0.1, 0.15) is 15.6 Å². The lowest BCUT2D eigenvalue weighted by atomic mass is 10.1. The van der Waals surface area contributed by atoms with Crippen molar-refractivity contribution in [2.24, 2.45) is 0 Å². The number of fused-ring (bicyclic) bond motifs is 1. The minimum absolute atomic E-state index is 0.107. The van der Waals surface area contributed by atoms with Gasteiger partial charge in [0, 0.05) is 17.1 Å². The fourth-order valence-corrected chi connectivity index (χ4v) is 5.74. The van der Waals surface area contributed by atoms with Gasteiger partial charge < -0.3 is 4.42 Å². The van der Waals surface area contributed by atoms with Crippen LogP contribution in [0, 0.1) is 0 Å². The quantitative estimate of drug-likeness (QED) is 0.185. The highest BCUT2D eigenvalue weighted by Gasteiger charge is 2.36. The number of aromatic nitrogens is 2. The number of amides is 1. The second-order valence-corrected chi connectivity index (χ2v) is 10.2. The van der Waals surface area contributed by atoms with E-state index in [-0.39, 0.29) is 11.9 Å². The van der Waals surface area contributed by atoms with Crippen LogP contribution < -0.4 is 0 Å². The van der Waals surface area contributed by atoms with E-state index in [1.165, 1.54) is 11.8 Å². The third-order valence-electron chi connectivity index (χ3n) is 6.20. The Morgan fingerprint density at radius 3 is 2.42 bits per heavy atom. The van der Waals surface area contributed by atoms with Crippen LogP contribution in [0.2, 0.25) is 0 Å². The summed E-state index contributed by atoms with van der Waals surface area (Å²) in [5.74, 6) is 0.537. The normalized spacial score (nSPS) is 15.8. The maximum Gasteiger partial charge on any atom is 0.266 e. The molecule has 5 nitrogen and oxygen atoms in total. The van der Waals surface area contributed by atoms with Crippen molar-refractivity contribution in [2.45, 2.75) is 13.0 Å². The van der Waals surface area contributed by atoms with Crippen molar-refractivity contribution in [3.63, 3.8) is 0 Å². The lowest BCUT2D eigenvalue weighted by molar-refractivity contribution is -0.123. The monoisotopic (exact) mass is 507 g/mol. The summed E-state index contributed by atoms with van der Waals surface area (Å²) < 4.78 is 8.49. The number of para-hydroxylation sites is 2. The number of hydrogen-bond acceptors (Lipinski definition) is 5. The van der Waals surface area contributed by atoms with Crippen molar-refractivity contribution in [1.29, 1.82) is 0 Å². The van der Waals surface area contributed by atoms with E-state index in [2.05, 4.69) is 0 Å². The van der Waals surface area contributed by atoms with Gasteiger partial charge in [-0.2, -0.15) is 5.10 Å². The van der Waals surface area contributed by atoms with E-state index in [9.17, 15) is 4.79 Å². The van der Waals surface area contributed by atoms with E-state index < -0.39 is 0 Å². The number of carbonyl (C=O) groups is 1. The predicted molar refractivity (Wildman–Crippen MR) is 149 cm³/mol. The summed E-state index contributed by atoms with van der Waals surface area (Å²) in [5, 5.41) is 5.84. The third kappa shape index (κ3) is 4.06.